The number of hydrogen-bond donors (Lipinski definition) is 1. The molecule has 1 aromatic carbocycles. The van der Waals surface area contributed by atoms with Gasteiger partial charge in [0, 0.05) is 10.9 Å². The van der Waals surface area contributed by atoms with E-state index in [2.05, 4.69) is 21.2 Å². The van der Waals surface area contributed by atoms with E-state index in [4.69, 9.17) is 8.83 Å². The minimum Gasteiger partial charge on any atom is -0.467 e. The first-order chi connectivity index (χ1) is 10.1. The molecule has 0 fully saturated rings. The van der Waals surface area contributed by atoms with Crippen molar-refractivity contribution in [1.82, 2.24) is 5.32 Å². The molecule has 21 heavy (non-hydrogen) atoms. The van der Waals surface area contributed by atoms with Gasteiger partial charge in [-0.05, 0) is 46.6 Å². The van der Waals surface area contributed by atoms with Crippen molar-refractivity contribution >= 4 is 32.8 Å². The lowest BCUT2D eigenvalue weighted by Crippen LogP contribution is -2.24. The zero-order chi connectivity index (χ0) is 14.8. The van der Waals surface area contributed by atoms with E-state index >= 15 is 0 Å². The van der Waals surface area contributed by atoms with Crippen molar-refractivity contribution < 1.29 is 13.6 Å². The Morgan fingerprint density at radius 2 is 2.19 bits per heavy atom. The summed E-state index contributed by atoms with van der Waals surface area (Å²) in [6.07, 6.45) is 1.85. The van der Waals surface area contributed by atoms with E-state index in [0.717, 1.165) is 27.9 Å². The molecule has 0 radical (unpaired) electrons. The molecule has 5 heteroatoms. The fourth-order valence-corrected chi connectivity index (χ4v) is 2.74. The second-order valence-corrected chi connectivity index (χ2v) is 5.61. The molecular weight excluding hydrogens is 334 g/mol. The highest BCUT2D eigenvalue weighted by molar-refractivity contribution is 9.10. The van der Waals surface area contributed by atoms with Crippen molar-refractivity contribution in [3.63, 3.8) is 0 Å². The number of benzene rings is 1. The maximum Gasteiger partial charge on any atom is 0.224 e. The quantitative estimate of drug-likeness (QED) is 0.777. The van der Waals surface area contributed by atoms with Gasteiger partial charge in [0.05, 0.1) is 19.2 Å². The summed E-state index contributed by atoms with van der Waals surface area (Å²) in [5.74, 6) is 0.658. The molecule has 0 spiro atoms. The van der Waals surface area contributed by atoms with E-state index < -0.39 is 0 Å². The second-order valence-electron chi connectivity index (χ2n) is 4.89. The fourth-order valence-electron chi connectivity index (χ4n) is 2.21. The summed E-state index contributed by atoms with van der Waals surface area (Å²) in [5.41, 5.74) is 2.77. The molecule has 0 saturated carbocycles. The van der Waals surface area contributed by atoms with Crippen LogP contribution in [0.25, 0.3) is 11.0 Å². The Hall–Kier alpha value is -2.01. The van der Waals surface area contributed by atoms with Crippen molar-refractivity contribution in [2.24, 2.45) is 0 Å². The van der Waals surface area contributed by atoms with Crippen LogP contribution >= 0.6 is 15.9 Å². The number of carbonyl (C=O) groups excluding carboxylic acids is 1. The van der Waals surface area contributed by atoms with Gasteiger partial charge in [-0.1, -0.05) is 12.1 Å². The average molecular weight is 348 g/mol. The first-order valence-corrected chi connectivity index (χ1v) is 7.39. The van der Waals surface area contributed by atoms with E-state index in [0.29, 0.717) is 11.2 Å². The van der Waals surface area contributed by atoms with Gasteiger partial charge in [-0.15, -0.1) is 0 Å². The Labute approximate surface area is 130 Å². The topological polar surface area (TPSA) is 55.4 Å². The number of fused-ring (bicyclic) bond motifs is 1. The van der Waals surface area contributed by atoms with Crippen LogP contribution < -0.4 is 5.32 Å². The van der Waals surface area contributed by atoms with Crippen LogP contribution in [-0.2, 0) is 17.8 Å². The smallest absolute Gasteiger partial charge is 0.224 e. The van der Waals surface area contributed by atoms with Gasteiger partial charge < -0.3 is 14.2 Å². The predicted molar refractivity (Wildman–Crippen MR) is 82.9 cm³/mol. The average Bonchev–Trinajstić information content (AvgIpc) is 3.05. The van der Waals surface area contributed by atoms with Crippen LogP contribution in [0.1, 0.15) is 16.9 Å². The van der Waals surface area contributed by atoms with Crippen molar-refractivity contribution in [3.8, 4) is 0 Å². The molecule has 108 valence electrons. The molecule has 2 heterocycles. The summed E-state index contributed by atoms with van der Waals surface area (Å²) >= 11 is 3.39. The molecule has 1 N–H and O–H groups in total. The first-order valence-electron chi connectivity index (χ1n) is 6.60. The molecule has 0 bridgehead atoms. The third-order valence-electron chi connectivity index (χ3n) is 3.28. The van der Waals surface area contributed by atoms with Gasteiger partial charge in [0.1, 0.15) is 11.3 Å². The van der Waals surface area contributed by atoms with Crippen molar-refractivity contribution in [2.75, 3.05) is 0 Å². The number of aryl methyl sites for hydroxylation is 1. The number of amides is 1. The van der Waals surface area contributed by atoms with Gasteiger partial charge in [0.25, 0.3) is 0 Å². The Morgan fingerprint density at radius 1 is 1.33 bits per heavy atom. The first kappa shape index (κ1) is 13.9. The molecule has 2 aromatic heterocycles. The number of nitrogens with one attached hydrogen (secondary N) is 1. The van der Waals surface area contributed by atoms with Crippen LogP contribution in [0.5, 0.6) is 0 Å². The van der Waals surface area contributed by atoms with Crippen LogP contribution in [0.4, 0.5) is 0 Å². The summed E-state index contributed by atoms with van der Waals surface area (Å²) in [5, 5.41) is 3.79. The fraction of sp³-hybridized carbons (Fsp3) is 0.188. The number of carbonyl (C=O) groups is 1. The molecule has 0 atom stereocenters. The molecule has 0 aliphatic heterocycles. The molecule has 0 saturated heterocycles. The van der Waals surface area contributed by atoms with Crippen LogP contribution in [0, 0.1) is 6.92 Å². The zero-order valence-corrected chi connectivity index (χ0v) is 13.1. The van der Waals surface area contributed by atoms with E-state index in [9.17, 15) is 4.79 Å². The van der Waals surface area contributed by atoms with Crippen LogP contribution in [0.2, 0.25) is 0 Å². The standard InChI is InChI=1S/C16H14BrNO3/c1-10-4-5-12-13(16(17)21-14(12)7-10)8-15(19)18-9-11-3-2-6-20-11/h2-7H,8-9H2,1H3,(H,18,19). The SMILES string of the molecule is Cc1ccc2c(CC(=O)NCc3ccco3)c(Br)oc2c1. The van der Waals surface area contributed by atoms with Gasteiger partial charge in [-0.3, -0.25) is 4.79 Å². The second kappa shape index (κ2) is 5.77. The molecule has 4 nitrogen and oxygen atoms in total. The van der Waals surface area contributed by atoms with E-state index in [1.165, 1.54) is 0 Å². The number of rotatable bonds is 4. The maximum atomic E-state index is 12.1. The number of furan rings is 2. The molecule has 1 amide bonds. The lowest BCUT2D eigenvalue weighted by atomic mass is 10.1. The van der Waals surface area contributed by atoms with E-state index in [1.807, 2.05) is 31.2 Å². The lowest BCUT2D eigenvalue weighted by Gasteiger charge is -2.03. The maximum absolute atomic E-state index is 12.1. The summed E-state index contributed by atoms with van der Waals surface area (Å²) in [6, 6.07) is 9.57. The summed E-state index contributed by atoms with van der Waals surface area (Å²) in [4.78, 5) is 12.1. The number of halogens is 1. The third kappa shape index (κ3) is 3.03. The minimum absolute atomic E-state index is 0.0737. The van der Waals surface area contributed by atoms with Gasteiger partial charge in [-0.2, -0.15) is 0 Å². The van der Waals surface area contributed by atoms with Crippen LogP contribution in [0.3, 0.4) is 0 Å². The highest BCUT2D eigenvalue weighted by Gasteiger charge is 2.15. The van der Waals surface area contributed by atoms with Gasteiger partial charge in [0.2, 0.25) is 5.91 Å². The van der Waals surface area contributed by atoms with E-state index in [1.54, 1.807) is 12.3 Å². The largest absolute Gasteiger partial charge is 0.467 e. The Morgan fingerprint density at radius 3 is 2.95 bits per heavy atom. The monoisotopic (exact) mass is 347 g/mol. The van der Waals surface area contributed by atoms with Crippen molar-refractivity contribution in [3.05, 3.63) is 58.2 Å². The molecular formula is C16H14BrNO3. The third-order valence-corrected chi connectivity index (χ3v) is 3.92. The zero-order valence-electron chi connectivity index (χ0n) is 11.5. The van der Waals surface area contributed by atoms with Gasteiger partial charge in [-0.25, -0.2) is 0 Å². The minimum atomic E-state index is -0.0737. The predicted octanol–water partition coefficient (Wildman–Crippen LogP) is 3.96. The van der Waals surface area contributed by atoms with Gasteiger partial charge >= 0.3 is 0 Å². The molecule has 0 aliphatic rings. The normalized spacial score (nSPS) is 11.0. The highest BCUT2D eigenvalue weighted by atomic mass is 79.9. The van der Waals surface area contributed by atoms with E-state index in [-0.39, 0.29) is 12.3 Å². The molecule has 3 rings (SSSR count). The summed E-state index contributed by atoms with van der Waals surface area (Å²) in [6.45, 7) is 2.39. The Bertz CT molecular complexity index is 774. The van der Waals surface area contributed by atoms with Crippen LogP contribution in [0.15, 0.2) is 50.1 Å². The molecule has 0 aliphatic carbocycles. The Balaban J connectivity index is 1.75. The number of hydrogen-bond acceptors (Lipinski definition) is 3. The summed E-state index contributed by atoms with van der Waals surface area (Å²) < 4.78 is 11.4. The summed E-state index contributed by atoms with van der Waals surface area (Å²) in [7, 11) is 0. The van der Waals surface area contributed by atoms with Crippen molar-refractivity contribution in [1.29, 1.82) is 0 Å². The molecule has 0 unspecified atom stereocenters. The van der Waals surface area contributed by atoms with Crippen LogP contribution in [-0.4, -0.2) is 5.91 Å². The van der Waals surface area contributed by atoms with Gasteiger partial charge in [0.15, 0.2) is 4.67 Å². The lowest BCUT2D eigenvalue weighted by molar-refractivity contribution is -0.120. The van der Waals surface area contributed by atoms with Crippen molar-refractivity contribution in [2.45, 2.75) is 19.9 Å². The molecule has 3 aromatic rings. The highest BCUT2D eigenvalue weighted by Crippen LogP contribution is 2.31. The Kier molecular flexibility index (Phi) is 3.84.